The third kappa shape index (κ3) is 9.25. The van der Waals surface area contributed by atoms with Crippen molar-refractivity contribution in [1.82, 2.24) is 5.32 Å². The molecule has 0 bridgehead atoms. The second-order valence-corrected chi connectivity index (χ2v) is 7.80. The van der Waals surface area contributed by atoms with Crippen LogP contribution < -0.4 is 5.32 Å². The maximum absolute atomic E-state index is 3.62. The van der Waals surface area contributed by atoms with E-state index in [9.17, 15) is 0 Å². The SMILES string of the molecule is CC(CSC(C)(C)C)NCC(C)C(C)C. The van der Waals surface area contributed by atoms with E-state index in [-0.39, 0.29) is 0 Å². The van der Waals surface area contributed by atoms with E-state index in [0.29, 0.717) is 10.8 Å². The highest BCUT2D eigenvalue weighted by Gasteiger charge is 2.13. The highest BCUT2D eigenvalue weighted by atomic mass is 32.2. The van der Waals surface area contributed by atoms with E-state index in [1.54, 1.807) is 0 Å². The first-order chi connectivity index (χ1) is 6.72. The Morgan fingerprint density at radius 1 is 1.07 bits per heavy atom. The fourth-order valence-electron chi connectivity index (χ4n) is 1.06. The zero-order chi connectivity index (χ0) is 12.1. The lowest BCUT2D eigenvalue weighted by atomic mass is 9.98. The molecule has 0 aliphatic heterocycles. The molecule has 0 saturated heterocycles. The number of hydrogen-bond donors (Lipinski definition) is 1. The maximum Gasteiger partial charge on any atom is 0.0130 e. The van der Waals surface area contributed by atoms with Crippen molar-refractivity contribution in [3.63, 3.8) is 0 Å². The maximum atomic E-state index is 3.62. The summed E-state index contributed by atoms with van der Waals surface area (Å²) in [6.45, 7) is 17.2. The summed E-state index contributed by atoms with van der Waals surface area (Å²) < 4.78 is 0.388. The van der Waals surface area contributed by atoms with Gasteiger partial charge in [-0.2, -0.15) is 11.8 Å². The van der Waals surface area contributed by atoms with Crippen LogP contribution in [0, 0.1) is 11.8 Å². The molecule has 0 aromatic heterocycles. The van der Waals surface area contributed by atoms with Gasteiger partial charge in [-0.1, -0.05) is 41.5 Å². The minimum atomic E-state index is 0.388. The van der Waals surface area contributed by atoms with Crippen LogP contribution >= 0.6 is 11.8 Å². The van der Waals surface area contributed by atoms with Crippen LogP contribution in [-0.4, -0.2) is 23.1 Å². The van der Waals surface area contributed by atoms with E-state index in [4.69, 9.17) is 0 Å². The molecular weight excluding hydrogens is 202 g/mol. The lowest BCUT2D eigenvalue weighted by molar-refractivity contribution is 0.380. The van der Waals surface area contributed by atoms with Gasteiger partial charge in [-0.15, -0.1) is 0 Å². The largest absolute Gasteiger partial charge is 0.313 e. The third-order valence-corrected chi connectivity index (χ3v) is 4.23. The molecule has 0 aromatic rings. The molecule has 0 radical (unpaired) electrons. The molecule has 0 aromatic carbocycles. The summed E-state index contributed by atoms with van der Waals surface area (Å²) in [5.74, 6) is 2.75. The highest BCUT2D eigenvalue weighted by Crippen LogP contribution is 2.23. The second-order valence-electron chi connectivity index (χ2n) is 5.95. The van der Waals surface area contributed by atoms with Crippen LogP contribution in [-0.2, 0) is 0 Å². The van der Waals surface area contributed by atoms with Crippen LogP contribution in [0.15, 0.2) is 0 Å². The van der Waals surface area contributed by atoms with E-state index in [1.807, 2.05) is 11.8 Å². The van der Waals surface area contributed by atoms with E-state index in [0.717, 1.165) is 18.4 Å². The first-order valence-corrected chi connectivity index (χ1v) is 7.08. The molecule has 0 heterocycles. The molecule has 0 aliphatic rings. The van der Waals surface area contributed by atoms with Crippen molar-refractivity contribution in [3.8, 4) is 0 Å². The van der Waals surface area contributed by atoms with E-state index in [1.165, 1.54) is 5.75 Å². The Labute approximate surface area is 101 Å². The Bertz CT molecular complexity index is 160. The summed E-state index contributed by atoms with van der Waals surface area (Å²) >= 11 is 2.04. The van der Waals surface area contributed by atoms with Crippen LogP contribution in [0.1, 0.15) is 48.5 Å². The lowest BCUT2D eigenvalue weighted by Crippen LogP contribution is -2.34. The van der Waals surface area contributed by atoms with Crippen LogP contribution in [0.3, 0.4) is 0 Å². The first kappa shape index (κ1) is 15.3. The minimum absolute atomic E-state index is 0.388. The van der Waals surface area contributed by atoms with Crippen molar-refractivity contribution in [3.05, 3.63) is 0 Å². The van der Waals surface area contributed by atoms with Crippen molar-refractivity contribution >= 4 is 11.8 Å². The summed E-state index contributed by atoms with van der Waals surface area (Å²) in [4.78, 5) is 0. The Morgan fingerprint density at radius 2 is 1.60 bits per heavy atom. The Hall–Kier alpha value is 0.310. The van der Waals surface area contributed by atoms with Gasteiger partial charge in [-0.25, -0.2) is 0 Å². The predicted molar refractivity (Wildman–Crippen MR) is 73.7 cm³/mol. The summed E-state index contributed by atoms with van der Waals surface area (Å²) in [5.41, 5.74) is 0. The number of thioether (sulfide) groups is 1. The Kier molecular flexibility index (Phi) is 6.94. The molecule has 1 nitrogen and oxygen atoms in total. The monoisotopic (exact) mass is 231 g/mol. The lowest BCUT2D eigenvalue weighted by Gasteiger charge is -2.23. The zero-order valence-electron chi connectivity index (χ0n) is 11.6. The van der Waals surface area contributed by atoms with Gasteiger partial charge in [0.05, 0.1) is 0 Å². The van der Waals surface area contributed by atoms with Crippen LogP contribution in [0.25, 0.3) is 0 Å². The van der Waals surface area contributed by atoms with Crippen LogP contribution in [0.5, 0.6) is 0 Å². The summed E-state index contributed by atoms with van der Waals surface area (Å²) in [6.07, 6.45) is 0. The third-order valence-electron chi connectivity index (χ3n) is 2.69. The van der Waals surface area contributed by atoms with Gasteiger partial charge < -0.3 is 5.32 Å². The fourth-order valence-corrected chi connectivity index (χ4v) is 1.92. The molecule has 0 saturated carbocycles. The van der Waals surface area contributed by atoms with Gasteiger partial charge in [0.15, 0.2) is 0 Å². The Balaban J connectivity index is 3.62. The average molecular weight is 231 g/mol. The average Bonchev–Trinajstić information content (AvgIpc) is 2.09. The smallest absolute Gasteiger partial charge is 0.0130 e. The van der Waals surface area contributed by atoms with Crippen molar-refractivity contribution < 1.29 is 0 Å². The molecule has 0 fully saturated rings. The van der Waals surface area contributed by atoms with Gasteiger partial charge in [0.1, 0.15) is 0 Å². The highest BCUT2D eigenvalue weighted by molar-refractivity contribution is 8.00. The molecule has 0 aliphatic carbocycles. The van der Waals surface area contributed by atoms with Crippen molar-refractivity contribution in [2.24, 2.45) is 11.8 Å². The van der Waals surface area contributed by atoms with E-state index in [2.05, 4.69) is 53.8 Å². The number of nitrogens with one attached hydrogen (secondary N) is 1. The van der Waals surface area contributed by atoms with Gasteiger partial charge >= 0.3 is 0 Å². The van der Waals surface area contributed by atoms with Gasteiger partial charge in [-0.3, -0.25) is 0 Å². The van der Waals surface area contributed by atoms with Crippen LogP contribution in [0.4, 0.5) is 0 Å². The standard InChI is InChI=1S/C13H29NS/c1-10(2)11(3)8-14-12(4)9-15-13(5,6)7/h10-12,14H,8-9H2,1-7H3. The molecule has 15 heavy (non-hydrogen) atoms. The normalized spacial score (nSPS) is 16.8. The summed E-state index contributed by atoms with van der Waals surface area (Å²) in [5, 5.41) is 3.62. The molecule has 92 valence electrons. The molecule has 2 heteroatoms. The van der Waals surface area contributed by atoms with Gasteiger partial charge in [0, 0.05) is 16.5 Å². The summed E-state index contributed by atoms with van der Waals surface area (Å²) in [6, 6.07) is 0.621. The molecule has 1 N–H and O–H groups in total. The van der Waals surface area contributed by atoms with Gasteiger partial charge in [-0.05, 0) is 25.3 Å². The van der Waals surface area contributed by atoms with Gasteiger partial charge in [0.2, 0.25) is 0 Å². The quantitative estimate of drug-likeness (QED) is 0.746. The molecule has 0 rings (SSSR count). The molecule has 0 amide bonds. The topological polar surface area (TPSA) is 12.0 Å². The minimum Gasteiger partial charge on any atom is -0.313 e. The van der Waals surface area contributed by atoms with Crippen molar-refractivity contribution in [2.75, 3.05) is 12.3 Å². The van der Waals surface area contributed by atoms with Crippen molar-refractivity contribution in [1.29, 1.82) is 0 Å². The fraction of sp³-hybridized carbons (Fsp3) is 1.00. The molecule has 0 spiro atoms. The number of rotatable bonds is 6. The molecule has 2 atom stereocenters. The predicted octanol–water partition coefficient (Wildman–Crippen LogP) is 3.79. The summed E-state index contributed by atoms with van der Waals surface area (Å²) in [7, 11) is 0. The van der Waals surface area contributed by atoms with Crippen molar-refractivity contribution in [2.45, 2.75) is 59.3 Å². The van der Waals surface area contributed by atoms with E-state index >= 15 is 0 Å². The van der Waals surface area contributed by atoms with Crippen LogP contribution in [0.2, 0.25) is 0 Å². The molecule has 2 unspecified atom stereocenters. The van der Waals surface area contributed by atoms with Gasteiger partial charge in [0.25, 0.3) is 0 Å². The first-order valence-electron chi connectivity index (χ1n) is 6.09. The second kappa shape index (κ2) is 6.80. The zero-order valence-corrected chi connectivity index (χ0v) is 12.4. The Morgan fingerprint density at radius 3 is 2.00 bits per heavy atom. The number of hydrogen-bond acceptors (Lipinski definition) is 2. The molecular formula is C13H29NS. The van der Waals surface area contributed by atoms with E-state index < -0.39 is 0 Å².